The van der Waals surface area contributed by atoms with Crippen molar-refractivity contribution in [2.75, 3.05) is 7.11 Å². The number of methoxy groups -OCH3 is 1. The van der Waals surface area contributed by atoms with E-state index in [1.54, 1.807) is 12.1 Å². The van der Waals surface area contributed by atoms with E-state index >= 15 is 0 Å². The van der Waals surface area contributed by atoms with Crippen LogP contribution in [0.3, 0.4) is 0 Å². The van der Waals surface area contributed by atoms with Crippen LogP contribution in [0.2, 0.25) is 0 Å². The first-order chi connectivity index (χ1) is 6.13. The van der Waals surface area contributed by atoms with Crippen molar-refractivity contribution in [2.45, 2.75) is 6.42 Å². The number of nitrogens with one attached hydrogen (secondary N) is 1. The average Bonchev–Trinajstić information content (AvgIpc) is 2.08. The Morgan fingerprint density at radius 2 is 2.31 bits per heavy atom. The zero-order chi connectivity index (χ0) is 9.84. The van der Waals surface area contributed by atoms with Crippen molar-refractivity contribution in [3.63, 3.8) is 0 Å². The van der Waals surface area contributed by atoms with Crippen LogP contribution in [0.5, 0.6) is 11.5 Å². The zero-order valence-corrected chi connectivity index (χ0v) is 7.37. The molecule has 4 heteroatoms. The third-order valence-electron chi connectivity index (χ3n) is 1.67. The number of aromatic hydroxyl groups is 1. The maximum absolute atomic E-state index is 9.44. The van der Waals surface area contributed by atoms with E-state index in [-0.39, 0.29) is 18.0 Å². The van der Waals surface area contributed by atoms with Gasteiger partial charge in [-0.05, 0) is 6.07 Å². The van der Waals surface area contributed by atoms with E-state index in [9.17, 15) is 5.11 Å². The van der Waals surface area contributed by atoms with Gasteiger partial charge in [-0.15, -0.1) is 0 Å². The molecule has 1 aromatic carbocycles. The summed E-state index contributed by atoms with van der Waals surface area (Å²) in [5.41, 5.74) is 5.84. The van der Waals surface area contributed by atoms with Gasteiger partial charge < -0.3 is 15.6 Å². The van der Waals surface area contributed by atoms with Crippen molar-refractivity contribution >= 4 is 5.84 Å². The predicted octanol–water partition coefficient (Wildman–Crippen LogP) is 0.879. The lowest BCUT2D eigenvalue weighted by atomic mass is 10.1. The first-order valence-electron chi connectivity index (χ1n) is 3.82. The van der Waals surface area contributed by atoms with Crippen molar-refractivity contribution in [3.8, 4) is 11.5 Å². The number of benzene rings is 1. The Hall–Kier alpha value is -1.71. The van der Waals surface area contributed by atoms with Crippen LogP contribution >= 0.6 is 0 Å². The molecule has 4 nitrogen and oxygen atoms in total. The fraction of sp³-hybridized carbons (Fsp3) is 0.222. The summed E-state index contributed by atoms with van der Waals surface area (Å²) in [6.07, 6.45) is 0.260. The number of rotatable bonds is 3. The molecule has 0 saturated heterocycles. The molecular weight excluding hydrogens is 168 g/mol. The molecule has 0 atom stereocenters. The van der Waals surface area contributed by atoms with E-state index in [0.29, 0.717) is 11.3 Å². The molecule has 0 unspecified atom stereocenters. The summed E-state index contributed by atoms with van der Waals surface area (Å²) >= 11 is 0. The minimum Gasteiger partial charge on any atom is -0.508 e. The van der Waals surface area contributed by atoms with Gasteiger partial charge in [-0.1, -0.05) is 6.07 Å². The van der Waals surface area contributed by atoms with Gasteiger partial charge in [-0.25, -0.2) is 0 Å². The number of phenols is 1. The molecule has 0 spiro atoms. The van der Waals surface area contributed by atoms with Crippen LogP contribution in [0.4, 0.5) is 0 Å². The Morgan fingerprint density at radius 1 is 1.62 bits per heavy atom. The second kappa shape index (κ2) is 3.80. The average molecular weight is 180 g/mol. The molecule has 0 radical (unpaired) electrons. The van der Waals surface area contributed by atoms with Gasteiger partial charge >= 0.3 is 0 Å². The fourth-order valence-corrected chi connectivity index (χ4v) is 1.03. The summed E-state index contributed by atoms with van der Waals surface area (Å²) in [6.45, 7) is 0. The molecular formula is C9H12N2O2. The minimum atomic E-state index is 0.0282. The largest absolute Gasteiger partial charge is 0.508 e. The van der Waals surface area contributed by atoms with Crippen LogP contribution in [0, 0.1) is 5.41 Å². The second-order valence-electron chi connectivity index (χ2n) is 2.70. The highest BCUT2D eigenvalue weighted by Crippen LogP contribution is 2.23. The first kappa shape index (κ1) is 9.38. The first-order valence-corrected chi connectivity index (χ1v) is 3.82. The third-order valence-corrected chi connectivity index (χ3v) is 1.67. The normalized spacial score (nSPS) is 9.62. The molecule has 0 aliphatic heterocycles. The van der Waals surface area contributed by atoms with E-state index in [1.807, 2.05) is 0 Å². The Morgan fingerprint density at radius 3 is 2.77 bits per heavy atom. The summed E-state index contributed by atoms with van der Waals surface area (Å²) in [6, 6.07) is 4.91. The van der Waals surface area contributed by atoms with Gasteiger partial charge in [-0.2, -0.15) is 0 Å². The predicted molar refractivity (Wildman–Crippen MR) is 50.3 cm³/mol. The molecule has 0 fully saturated rings. The lowest BCUT2D eigenvalue weighted by Gasteiger charge is -2.05. The molecule has 0 saturated carbocycles. The van der Waals surface area contributed by atoms with Crippen LogP contribution in [0.1, 0.15) is 5.56 Å². The molecule has 4 N–H and O–H groups in total. The highest BCUT2D eigenvalue weighted by Gasteiger charge is 2.03. The van der Waals surface area contributed by atoms with Gasteiger partial charge in [0.15, 0.2) is 0 Å². The monoisotopic (exact) mass is 180 g/mol. The van der Waals surface area contributed by atoms with Gasteiger partial charge in [0.1, 0.15) is 11.5 Å². The van der Waals surface area contributed by atoms with Gasteiger partial charge in [0.2, 0.25) is 0 Å². The van der Waals surface area contributed by atoms with Gasteiger partial charge in [0, 0.05) is 18.1 Å². The van der Waals surface area contributed by atoms with E-state index in [2.05, 4.69) is 0 Å². The van der Waals surface area contributed by atoms with Gasteiger partial charge in [-0.3, -0.25) is 5.41 Å². The smallest absolute Gasteiger partial charge is 0.122 e. The van der Waals surface area contributed by atoms with Crippen LogP contribution in [0.15, 0.2) is 18.2 Å². The molecule has 70 valence electrons. The van der Waals surface area contributed by atoms with Gasteiger partial charge in [0.25, 0.3) is 0 Å². The van der Waals surface area contributed by atoms with Crippen molar-refractivity contribution < 1.29 is 9.84 Å². The molecule has 0 aromatic heterocycles. The van der Waals surface area contributed by atoms with Crippen LogP contribution in [0.25, 0.3) is 0 Å². The van der Waals surface area contributed by atoms with Crippen LogP contribution < -0.4 is 10.5 Å². The highest BCUT2D eigenvalue weighted by atomic mass is 16.5. The summed E-state index contributed by atoms with van der Waals surface area (Å²) < 4.78 is 4.91. The number of nitrogens with two attached hydrogens (primary N) is 1. The summed E-state index contributed by atoms with van der Waals surface area (Å²) in [7, 11) is 1.53. The Balaban J connectivity index is 2.91. The number of hydrogen-bond acceptors (Lipinski definition) is 3. The molecule has 0 aliphatic rings. The maximum atomic E-state index is 9.44. The molecule has 0 heterocycles. The Kier molecular flexibility index (Phi) is 2.74. The number of phenolic OH excluding ortho intramolecular Hbond substituents is 1. The van der Waals surface area contributed by atoms with Crippen LogP contribution in [-0.4, -0.2) is 18.1 Å². The summed E-state index contributed by atoms with van der Waals surface area (Å²) in [5.74, 6) is 0.722. The molecule has 13 heavy (non-hydrogen) atoms. The van der Waals surface area contributed by atoms with Crippen molar-refractivity contribution in [1.82, 2.24) is 0 Å². The standard InChI is InChI=1S/C9H12N2O2/c1-13-7-3-2-6(4-9(10)11)8(12)5-7/h2-3,5,12H,4H2,1H3,(H3,10,11). The van der Waals surface area contributed by atoms with Crippen molar-refractivity contribution in [2.24, 2.45) is 5.73 Å². The lowest BCUT2D eigenvalue weighted by Crippen LogP contribution is -2.12. The SMILES string of the molecule is COc1ccc(CC(=N)N)c(O)c1. The minimum absolute atomic E-state index is 0.0282. The second-order valence-corrected chi connectivity index (χ2v) is 2.70. The van der Waals surface area contributed by atoms with E-state index in [1.165, 1.54) is 13.2 Å². The highest BCUT2D eigenvalue weighted by molar-refractivity contribution is 5.80. The maximum Gasteiger partial charge on any atom is 0.122 e. The number of ether oxygens (including phenoxy) is 1. The van der Waals surface area contributed by atoms with E-state index < -0.39 is 0 Å². The third kappa shape index (κ3) is 2.37. The Labute approximate surface area is 76.5 Å². The van der Waals surface area contributed by atoms with E-state index in [0.717, 1.165) is 0 Å². The van der Waals surface area contributed by atoms with Crippen LogP contribution in [-0.2, 0) is 6.42 Å². The molecule has 0 aliphatic carbocycles. The fourth-order valence-electron chi connectivity index (χ4n) is 1.03. The molecule has 1 rings (SSSR count). The zero-order valence-electron chi connectivity index (χ0n) is 7.37. The number of hydrogen-bond donors (Lipinski definition) is 3. The molecule has 0 amide bonds. The number of amidine groups is 1. The van der Waals surface area contributed by atoms with Crippen molar-refractivity contribution in [1.29, 1.82) is 5.41 Å². The molecule has 0 bridgehead atoms. The molecule has 1 aromatic rings. The van der Waals surface area contributed by atoms with Crippen molar-refractivity contribution in [3.05, 3.63) is 23.8 Å². The Bertz CT molecular complexity index is 323. The van der Waals surface area contributed by atoms with E-state index in [4.69, 9.17) is 15.9 Å². The summed E-state index contributed by atoms with van der Waals surface area (Å²) in [4.78, 5) is 0. The van der Waals surface area contributed by atoms with Gasteiger partial charge in [0.05, 0.1) is 12.9 Å². The summed E-state index contributed by atoms with van der Waals surface area (Å²) in [5, 5.41) is 16.5. The topological polar surface area (TPSA) is 79.3 Å². The quantitative estimate of drug-likeness (QED) is 0.477. The lowest BCUT2D eigenvalue weighted by molar-refractivity contribution is 0.406.